The largest absolute Gasteiger partial charge is 0.364 e. The fraction of sp³-hybridized carbons (Fsp3) is 0.812. The normalized spacial score (nSPS) is 10.9. The third-order valence-corrected chi connectivity index (χ3v) is 3.32. The summed E-state index contributed by atoms with van der Waals surface area (Å²) in [5.74, 6) is 1.13. The van der Waals surface area contributed by atoms with Gasteiger partial charge in [0.05, 0.1) is 0 Å². The number of rotatable bonds is 16. The SMILES string of the molecule is CCOCN(COC)c1nc(N(COC)COC)nc(N(COC)COC)n1. The lowest BCUT2D eigenvalue weighted by molar-refractivity contribution is 0.111. The molecule has 0 amide bonds. The van der Waals surface area contributed by atoms with Crippen LogP contribution >= 0.6 is 0 Å². The molecule has 0 saturated carbocycles. The van der Waals surface area contributed by atoms with Crippen molar-refractivity contribution in [2.75, 3.05) is 97.2 Å². The van der Waals surface area contributed by atoms with Crippen molar-refractivity contribution in [3.05, 3.63) is 0 Å². The summed E-state index contributed by atoms with van der Waals surface area (Å²) in [5, 5.41) is 0. The molecule has 0 N–H and O–H groups in total. The molecule has 0 atom stereocenters. The lowest BCUT2D eigenvalue weighted by atomic mass is 10.6. The van der Waals surface area contributed by atoms with E-state index in [1.807, 2.05) is 6.92 Å². The minimum absolute atomic E-state index is 0.237. The second-order valence-electron chi connectivity index (χ2n) is 5.57. The first-order chi connectivity index (χ1) is 13.6. The highest BCUT2D eigenvalue weighted by Gasteiger charge is 2.20. The second-order valence-corrected chi connectivity index (χ2v) is 5.57. The Labute approximate surface area is 166 Å². The number of anilines is 3. The highest BCUT2D eigenvalue weighted by Crippen LogP contribution is 2.19. The van der Waals surface area contributed by atoms with Crippen LogP contribution in [0.1, 0.15) is 6.92 Å². The zero-order valence-electron chi connectivity index (χ0n) is 17.6. The molecule has 0 aromatic carbocycles. The van der Waals surface area contributed by atoms with Crippen LogP contribution < -0.4 is 14.7 Å². The number of ether oxygens (including phenoxy) is 6. The van der Waals surface area contributed by atoms with Crippen molar-refractivity contribution in [2.45, 2.75) is 6.92 Å². The summed E-state index contributed by atoms with van der Waals surface area (Å²) in [6, 6.07) is 0. The van der Waals surface area contributed by atoms with Crippen LogP contribution in [0.2, 0.25) is 0 Å². The second kappa shape index (κ2) is 14.2. The van der Waals surface area contributed by atoms with E-state index in [0.29, 0.717) is 24.5 Å². The van der Waals surface area contributed by atoms with E-state index >= 15 is 0 Å². The number of hydrogen-bond acceptors (Lipinski definition) is 12. The predicted molar refractivity (Wildman–Crippen MR) is 103 cm³/mol. The molecule has 0 fully saturated rings. The van der Waals surface area contributed by atoms with Gasteiger partial charge in [0.1, 0.15) is 40.4 Å². The lowest BCUT2D eigenvalue weighted by Crippen LogP contribution is -2.36. The predicted octanol–water partition coefficient (Wildman–Crippen LogP) is 0.304. The maximum Gasteiger partial charge on any atom is 0.235 e. The summed E-state index contributed by atoms with van der Waals surface area (Å²) in [4.78, 5) is 18.8. The monoisotopic (exact) mass is 404 g/mol. The maximum absolute atomic E-state index is 5.51. The molecule has 0 aliphatic rings. The fourth-order valence-corrected chi connectivity index (χ4v) is 2.21. The molecule has 1 heterocycles. The number of aromatic nitrogens is 3. The summed E-state index contributed by atoms with van der Waals surface area (Å²) in [6.45, 7) is 3.91. The van der Waals surface area contributed by atoms with Crippen molar-refractivity contribution in [1.29, 1.82) is 0 Å². The fourth-order valence-electron chi connectivity index (χ4n) is 2.21. The average molecular weight is 404 g/mol. The third kappa shape index (κ3) is 7.66. The van der Waals surface area contributed by atoms with Gasteiger partial charge in [-0.2, -0.15) is 15.0 Å². The number of nitrogens with zero attached hydrogens (tertiary/aromatic N) is 6. The first-order valence-electron chi connectivity index (χ1n) is 8.68. The van der Waals surface area contributed by atoms with E-state index in [9.17, 15) is 0 Å². The lowest BCUT2D eigenvalue weighted by Gasteiger charge is -2.27. The van der Waals surface area contributed by atoms with Crippen LogP contribution in [-0.2, 0) is 28.4 Å². The van der Waals surface area contributed by atoms with Gasteiger partial charge in [0.15, 0.2) is 0 Å². The Morgan fingerprint density at radius 1 is 0.536 bits per heavy atom. The van der Waals surface area contributed by atoms with E-state index in [4.69, 9.17) is 28.4 Å². The molecule has 1 aromatic rings. The molecule has 1 rings (SSSR count). The van der Waals surface area contributed by atoms with Gasteiger partial charge in [0, 0.05) is 42.2 Å². The molecule has 0 bridgehead atoms. The topological polar surface area (TPSA) is 104 Å². The minimum atomic E-state index is 0.237. The van der Waals surface area contributed by atoms with Crippen LogP contribution in [0.25, 0.3) is 0 Å². The summed E-state index contributed by atoms with van der Waals surface area (Å²) < 4.78 is 31.7. The first-order valence-corrected chi connectivity index (χ1v) is 8.68. The molecule has 0 radical (unpaired) electrons. The Morgan fingerprint density at radius 2 is 0.821 bits per heavy atom. The van der Waals surface area contributed by atoms with Crippen molar-refractivity contribution in [1.82, 2.24) is 15.0 Å². The van der Waals surface area contributed by atoms with Crippen molar-refractivity contribution >= 4 is 17.8 Å². The molecule has 12 nitrogen and oxygen atoms in total. The zero-order chi connectivity index (χ0) is 20.8. The zero-order valence-corrected chi connectivity index (χ0v) is 17.6. The van der Waals surface area contributed by atoms with Crippen molar-refractivity contribution in [3.8, 4) is 0 Å². The summed E-state index contributed by atoms with van der Waals surface area (Å²) in [7, 11) is 7.92. The maximum atomic E-state index is 5.51. The highest BCUT2D eigenvalue weighted by molar-refractivity contribution is 5.45. The summed E-state index contributed by atoms with van der Waals surface area (Å²) >= 11 is 0. The Kier molecular flexibility index (Phi) is 12.3. The average Bonchev–Trinajstić information content (AvgIpc) is 2.70. The molecular formula is C16H32N6O6. The van der Waals surface area contributed by atoms with E-state index in [1.165, 1.54) is 0 Å². The third-order valence-electron chi connectivity index (χ3n) is 3.32. The smallest absolute Gasteiger partial charge is 0.235 e. The van der Waals surface area contributed by atoms with Crippen LogP contribution in [0.4, 0.5) is 17.8 Å². The summed E-state index contributed by atoms with van der Waals surface area (Å²) in [5.41, 5.74) is 0. The van der Waals surface area contributed by atoms with Crippen LogP contribution in [0.5, 0.6) is 0 Å². The van der Waals surface area contributed by atoms with Gasteiger partial charge in [-0.15, -0.1) is 0 Å². The van der Waals surface area contributed by atoms with Crippen LogP contribution in [0.15, 0.2) is 0 Å². The molecule has 12 heteroatoms. The number of methoxy groups -OCH3 is 5. The van der Waals surface area contributed by atoms with Crippen molar-refractivity contribution in [3.63, 3.8) is 0 Å². The number of hydrogen-bond donors (Lipinski definition) is 0. The molecule has 0 aliphatic heterocycles. The van der Waals surface area contributed by atoms with Gasteiger partial charge in [0.2, 0.25) is 17.8 Å². The van der Waals surface area contributed by atoms with E-state index in [0.717, 1.165) is 0 Å². The van der Waals surface area contributed by atoms with Gasteiger partial charge >= 0.3 is 0 Å². The van der Waals surface area contributed by atoms with Gasteiger partial charge in [-0.1, -0.05) is 0 Å². The molecule has 162 valence electrons. The summed E-state index contributed by atoms with van der Waals surface area (Å²) in [6.07, 6.45) is 0. The van der Waals surface area contributed by atoms with Crippen molar-refractivity contribution in [2.24, 2.45) is 0 Å². The Morgan fingerprint density at radius 3 is 1.07 bits per heavy atom. The highest BCUT2D eigenvalue weighted by atomic mass is 16.5. The van der Waals surface area contributed by atoms with Gasteiger partial charge in [-0.05, 0) is 6.92 Å². The first kappa shape index (κ1) is 24.2. The van der Waals surface area contributed by atoms with Gasteiger partial charge in [-0.3, -0.25) is 14.7 Å². The Bertz CT molecular complexity index is 494. The van der Waals surface area contributed by atoms with Crippen LogP contribution in [-0.4, -0.2) is 97.5 Å². The molecular weight excluding hydrogens is 372 g/mol. The van der Waals surface area contributed by atoms with Crippen LogP contribution in [0.3, 0.4) is 0 Å². The van der Waals surface area contributed by atoms with E-state index in [2.05, 4.69) is 15.0 Å². The molecule has 0 aliphatic carbocycles. The van der Waals surface area contributed by atoms with E-state index in [1.54, 1.807) is 50.2 Å². The molecule has 1 aromatic heterocycles. The van der Waals surface area contributed by atoms with Gasteiger partial charge in [-0.25, -0.2) is 0 Å². The Balaban J connectivity index is 3.37. The van der Waals surface area contributed by atoms with Gasteiger partial charge in [0.25, 0.3) is 0 Å². The standard InChI is InChI=1S/C16H32N6O6/c1-7-28-13-22(12-27-6)16-18-14(20(8-23-2)9-24-3)17-15(19-16)21(10-25-4)11-26-5/h7-13H2,1-6H3. The van der Waals surface area contributed by atoms with Crippen molar-refractivity contribution < 1.29 is 28.4 Å². The molecule has 28 heavy (non-hydrogen) atoms. The van der Waals surface area contributed by atoms with Gasteiger partial charge < -0.3 is 28.4 Å². The Hall–Kier alpha value is -1.83. The van der Waals surface area contributed by atoms with E-state index in [-0.39, 0.29) is 40.4 Å². The van der Waals surface area contributed by atoms with Crippen LogP contribution in [0, 0.1) is 0 Å². The van der Waals surface area contributed by atoms with E-state index < -0.39 is 0 Å². The quantitative estimate of drug-likeness (QED) is 0.354. The minimum Gasteiger partial charge on any atom is -0.364 e. The molecule has 0 spiro atoms. The molecule has 0 saturated heterocycles. The molecule has 0 unspecified atom stereocenters.